The first kappa shape index (κ1) is 24.4. The van der Waals surface area contributed by atoms with E-state index in [-0.39, 0.29) is 29.4 Å². The normalized spacial score (nSPS) is 26.8. The van der Waals surface area contributed by atoms with E-state index in [1.54, 1.807) is 20.1 Å². The lowest BCUT2D eigenvalue weighted by Crippen LogP contribution is -2.21. The smallest absolute Gasteiger partial charge is 0.345 e. The molecule has 1 aromatic rings. The minimum absolute atomic E-state index is 0.0277. The number of aliphatic hydroxyl groups is 2. The molecule has 29 heavy (non-hydrogen) atoms. The molecule has 7 heteroatoms. The number of rotatable bonds is 12. The molecule has 5 nitrogen and oxygen atoms in total. The first-order chi connectivity index (χ1) is 13.8. The Morgan fingerprint density at radius 2 is 2.10 bits per heavy atom. The average Bonchev–Trinajstić information content (AvgIpc) is 3.25. The van der Waals surface area contributed by atoms with Crippen LogP contribution in [0.15, 0.2) is 24.3 Å². The number of carboxylic acid groups (broad SMARTS) is 1. The van der Waals surface area contributed by atoms with Crippen LogP contribution in [0.4, 0.5) is 0 Å². The number of carboxylic acids is 1. The topological polar surface area (TPSA) is 87.0 Å². The summed E-state index contributed by atoms with van der Waals surface area (Å²) in [6, 6.07) is 3.55. The van der Waals surface area contributed by atoms with E-state index < -0.39 is 12.1 Å². The molecule has 6 atom stereocenters. The molecule has 1 aromatic heterocycles. The van der Waals surface area contributed by atoms with Gasteiger partial charge in [0.15, 0.2) is 0 Å². The number of hydrogen-bond donors (Lipinski definition) is 3. The summed E-state index contributed by atoms with van der Waals surface area (Å²) in [5.74, 6) is -0.453. The molecule has 0 spiro atoms. The summed E-state index contributed by atoms with van der Waals surface area (Å²) in [4.78, 5) is 12.5. The minimum atomic E-state index is -0.877. The largest absolute Gasteiger partial charge is 0.477 e. The molecule has 0 radical (unpaired) electrons. The van der Waals surface area contributed by atoms with Crippen molar-refractivity contribution < 1.29 is 24.9 Å². The van der Waals surface area contributed by atoms with Crippen LogP contribution in [0.5, 0.6) is 0 Å². The van der Waals surface area contributed by atoms with Crippen LogP contribution in [0.2, 0.25) is 0 Å². The van der Waals surface area contributed by atoms with Gasteiger partial charge in [-0.05, 0) is 69.9 Å². The number of ether oxygens (including phenoxy) is 1. The monoisotopic (exact) mass is 444 g/mol. The third kappa shape index (κ3) is 7.68. The molecule has 0 bridgehead atoms. The lowest BCUT2D eigenvalue weighted by atomic mass is 9.89. The van der Waals surface area contributed by atoms with E-state index >= 15 is 0 Å². The highest BCUT2D eigenvalue weighted by molar-refractivity contribution is 7.13. The summed E-state index contributed by atoms with van der Waals surface area (Å²) in [6.07, 6.45) is 8.68. The number of hydrogen-bond acceptors (Lipinski definition) is 5. The maximum atomic E-state index is 11.0. The number of aryl methyl sites for hydroxylation is 1. The number of methoxy groups -OCH3 is 1. The van der Waals surface area contributed by atoms with E-state index in [1.807, 2.05) is 12.1 Å². The van der Waals surface area contributed by atoms with Crippen molar-refractivity contribution in [3.8, 4) is 0 Å². The maximum absolute atomic E-state index is 11.0. The van der Waals surface area contributed by atoms with Gasteiger partial charge in [0.05, 0.1) is 18.3 Å². The van der Waals surface area contributed by atoms with Gasteiger partial charge in [-0.1, -0.05) is 12.2 Å². The second-order valence-corrected chi connectivity index (χ2v) is 9.69. The first-order valence-electron chi connectivity index (χ1n) is 10.3. The number of carbonyl (C=O) groups is 1. The van der Waals surface area contributed by atoms with Crippen molar-refractivity contribution in [3.63, 3.8) is 0 Å². The van der Waals surface area contributed by atoms with E-state index in [0.717, 1.165) is 37.0 Å². The van der Waals surface area contributed by atoms with Gasteiger partial charge in [0.2, 0.25) is 0 Å². The SMILES string of the molecule is CO[C@@H]1C[C@@H](Cl)[C@H](CCCc2ccc(C(=O)O)s2)[C@H]1/C=C/[C@@H](O)CCC[C@@H](C)O. The van der Waals surface area contributed by atoms with Gasteiger partial charge in [-0.2, -0.15) is 0 Å². The molecule has 0 saturated heterocycles. The molecule has 1 heterocycles. The Balaban J connectivity index is 1.89. The average molecular weight is 445 g/mol. The van der Waals surface area contributed by atoms with E-state index in [2.05, 4.69) is 6.08 Å². The molecule has 0 aliphatic heterocycles. The van der Waals surface area contributed by atoms with Crippen LogP contribution in [-0.2, 0) is 11.2 Å². The number of aromatic carboxylic acids is 1. The van der Waals surface area contributed by atoms with E-state index in [0.29, 0.717) is 17.7 Å². The van der Waals surface area contributed by atoms with Crippen LogP contribution in [0, 0.1) is 11.8 Å². The van der Waals surface area contributed by atoms with Gasteiger partial charge in [-0.25, -0.2) is 4.79 Å². The van der Waals surface area contributed by atoms with Crippen molar-refractivity contribution >= 4 is 28.9 Å². The molecule has 164 valence electrons. The maximum Gasteiger partial charge on any atom is 0.345 e. The van der Waals surface area contributed by atoms with Gasteiger partial charge in [0, 0.05) is 23.3 Å². The second kappa shape index (κ2) is 12.1. The van der Waals surface area contributed by atoms with Gasteiger partial charge in [-0.15, -0.1) is 22.9 Å². The van der Waals surface area contributed by atoms with Crippen molar-refractivity contribution in [2.75, 3.05) is 7.11 Å². The summed E-state index contributed by atoms with van der Waals surface area (Å²) < 4.78 is 5.65. The molecular formula is C22H33ClO5S. The van der Waals surface area contributed by atoms with Crippen LogP contribution in [0.25, 0.3) is 0 Å². The van der Waals surface area contributed by atoms with Crippen molar-refractivity contribution in [1.82, 2.24) is 0 Å². The van der Waals surface area contributed by atoms with Gasteiger partial charge in [0.25, 0.3) is 0 Å². The summed E-state index contributed by atoms with van der Waals surface area (Å²) in [5, 5.41) is 28.6. The van der Waals surface area contributed by atoms with Gasteiger partial charge in [-0.3, -0.25) is 0 Å². The minimum Gasteiger partial charge on any atom is -0.477 e. The molecule has 2 rings (SSSR count). The molecular weight excluding hydrogens is 412 g/mol. The highest BCUT2D eigenvalue weighted by atomic mass is 35.5. The fourth-order valence-corrected chi connectivity index (χ4v) is 5.44. The Hall–Kier alpha value is -0.920. The third-order valence-electron chi connectivity index (χ3n) is 5.66. The van der Waals surface area contributed by atoms with Crippen LogP contribution >= 0.6 is 22.9 Å². The summed E-state index contributed by atoms with van der Waals surface area (Å²) in [5.41, 5.74) is 0. The van der Waals surface area contributed by atoms with E-state index in [9.17, 15) is 15.0 Å². The van der Waals surface area contributed by atoms with Gasteiger partial charge >= 0.3 is 5.97 Å². The predicted octanol–water partition coefficient (Wildman–Crippen LogP) is 4.50. The van der Waals surface area contributed by atoms with E-state index in [1.165, 1.54) is 11.3 Å². The zero-order valence-electron chi connectivity index (χ0n) is 17.2. The van der Waals surface area contributed by atoms with Crippen molar-refractivity contribution in [1.29, 1.82) is 0 Å². The third-order valence-corrected chi connectivity index (χ3v) is 7.29. The van der Waals surface area contributed by atoms with Crippen molar-refractivity contribution in [2.24, 2.45) is 11.8 Å². The first-order valence-corrected chi connectivity index (χ1v) is 11.6. The van der Waals surface area contributed by atoms with Gasteiger partial charge in [0.1, 0.15) is 4.88 Å². The molecule has 0 aromatic carbocycles. The summed E-state index contributed by atoms with van der Waals surface area (Å²) in [6.45, 7) is 1.76. The van der Waals surface area contributed by atoms with E-state index in [4.69, 9.17) is 21.4 Å². The molecule has 0 amide bonds. The molecule has 3 N–H and O–H groups in total. The highest BCUT2D eigenvalue weighted by Gasteiger charge is 2.40. The Morgan fingerprint density at radius 3 is 2.72 bits per heavy atom. The Bertz CT molecular complexity index is 659. The zero-order valence-corrected chi connectivity index (χ0v) is 18.7. The lowest BCUT2D eigenvalue weighted by molar-refractivity contribution is 0.0702. The molecule has 1 fully saturated rings. The number of alkyl halides is 1. The molecule has 1 aliphatic rings. The quantitative estimate of drug-likeness (QED) is 0.326. The second-order valence-electron chi connectivity index (χ2n) is 7.96. The van der Waals surface area contributed by atoms with Gasteiger partial charge < -0.3 is 20.1 Å². The van der Waals surface area contributed by atoms with Crippen molar-refractivity contribution in [3.05, 3.63) is 34.0 Å². The Labute approximate surface area is 182 Å². The van der Waals surface area contributed by atoms with Crippen molar-refractivity contribution in [2.45, 2.75) is 75.6 Å². The summed E-state index contributed by atoms with van der Waals surface area (Å²) in [7, 11) is 1.70. The number of aliphatic hydroxyl groups excluding tert-OH is 2. The lowest BCUT2D eigenvalue weighted by Gasteiger charge is -2.22. The zero-order chi connectivity index (χ0) is 21.4. The highest BCUT2D eigenvalue weighted by Crippen LogP contribution is 2.41. The molecule has 1 aliphatic carbocycles. The summed E-state index contributed by atoms with van der Waals surface area (Å²) >= 11 is 7.96. The Morgan fingerprint density at radius 1 is 1.34 bits per heavy atom. The fourth-order valence-electron chi connectivity index (χ4n) is 4.08. The number of halogens is 1. The number of thiophene rings is 1. The predicted molar refractivity (Wildman–Crippen MR) is 117 cm³/mol. The molecule has 0 unspecified atom stereocenters. The standard InChI is InChI=1S/C22H33ClO5S/c1-14(24)5-3-6-15(25)9-11-18-17(19(23)13-20(18)28-2)8-4-7-16-10-12-21(29-16)22(26)27/h9-12,14-15,17-20,24-25H,3-8,13H2,1-2H3,(H,26,27)/b11-9+/t14-,15+,17-,18-,19-,20-/m1/s1. The van der Waals surface area contributed by atoms with Crippen LogP contribution < -0.4 is 0 Å². The van der Waals surface area contributed by atoms with Crippen LogP contribution in [-0.4, -0.2) is 52.1 Å². The fraction of sp³-hybridized carbons (Fsp3) is 0.682. The molecule has 1 saturated carbocycles. The Kier molecular flexibility index (Phi) is 10.1. The van der Waals surface area contributed by atoms with Crippen LogP contribution in [0.1, 0.15) is 60.0 Å². The van der Waals surface area contributed by atoms with Crippen LogP contribution in [0.3, 0.4) is 0 Å².